The number of nitrogens with zero attached hydrogens (tertiary/aromatic N) is 3. The quantitative estimate of drug-likeness (QED) is 0.598. The lowest BCUT2D eigenvalue weighted by atomic mass is 10.1. The summed E-state index contributed by atoms with van der Waals surface area (Å²) < 4.78 is 5.51. The molecule has 2 rings (SSSR count). The fraction of sp³-hybridized carbons (Fsp3) is 0.333. The summed E-state index contributed by atoms with van der Waals surface area (Å²) in [6.07, 6.45) is 2.47. The molecule has 0 unspecified atom stereocenters. The van der Waals surface area contributed by atoms with Crippen LogP contribution in [0.2, 0.25) is 0 Å². The fourth-order valence-corrected chi connectivity index (χ4v) is 2.62. The number of amides is 1. The van der Waals surface area contributed by atoms with Crippen LogP contribution in [0.5, 0.6) is 5.75 Å². The second-order valence-corrected chi connectivity index (χ2v) is 6.65. The number of anilines is 1. The zero-order valence-electron chi connectivity index (χ0n) is 14.4. The van der Waals surface area contributed by atoms with Crippen molar-refractivity contribution in [1.82, 2.24) is 10.2 Å². The van der Waals surface area contributed by atoms with E-state index < -0.39 is 5.91 Å². The van der Waals surface area contributed by atoms with E-state index in [4.69, 9.17) is 4.74 Å². The molecular weight excluding hydrogens is 336 g/mol. The van der Waals surface area contributed by atoms with Crippen molar-refractivity contribution in [3.05, 3.63) is 40.4 Å². The molecule has 0 aliphatic carbocycles. The molecule has 0 radical (unpaired) electrons. The molecule has 1 aromatic heterocycles. The number of aromatic nitrogens is 2. The van der Waals surface area contributed by atoms with Gasteiger partial charge in [0.15, 0.2) is 0 Å². The minimum absolute atomic E-state index is 0.00326. The zero-order chi connectivity index (χ0) is 18.2. The van der Waals surface area contributed by atoms with Gasteiger partial charge in [-0.3, -0.25) is 10.1 Å². The van der Waals surface area contributed by atoms with Crippen LogP contribution >= 0.6 is 11.3 Å². The minimum atomic E-state index is -0.500. The van der Waals surface area contributed by atoms with Crippen LogP contribution < -0.4 is 10.1 Å². The monoisotopic (exact) mass is 356 g/mol. The van der Waals surface area contributed by atoms with Crippen molar-refractivity contribution in [3.63, 3.8) is 0 Å². The van der Waals surface area contributed by atoms with Crippen LogP contribution in [0.25, 0.3) is 6.08 Å². The third kappa shape index (κ3) is 5.40. The van der Waals surface area contributed by atoms with Gasteiger partial charge in [0.1, 0.15) is 22.4 Å². The first kappa shape index (κ1) is 18.6. The molecule has 7 heteroatoms. The normalized spacial score (nSPS) is 11.2. The van der Waals surface area contributed by atoms with Crippen LogP contribution in [0.4, 0.5) is 5.13 Å². The van der Waals surface area contributed by atoms with Crippen molar-refractivity contribution in [2.75, 3.05) is 11.9 Å². The van der Waals surface area contributed by atoms with Gasteiger partial charge in [0.05, 0.1) is 6.61 Å². The largest absolute Gasteiger partial charge is 0.494 e. The predicted molar refractivity (Wildman–Crippen MR) is 98.4 cm³/mol. The molecule has 0 bridgehead atoms. The second-order valence-electron chi connectivity index (χ2n) is 5.64. The average Bonchev–Trinajstić information content (AvgIpc) is 3.07. The number of hydrogen-bond acceptors (Lipinski definition) is 6. The highest BCUT2D eigenvalue weighted by Crippen LogP contribution is 2.23. The smallest absolute Gasteiger partial charge is 0.268 e. The molecule has 0 saturated carbocycles. The molecule has 1 heterocycles. The van der Waals surface area contributed by atoms with Gasteiger partial charge in [-0.15, -0.1) is 10.2 Å². The number of nitriles is 1. The maximum Gasteiger partial charge on any atom is 0.268 e. The van der Waals surface area contributed by atoms with Crippen molar-refractivity contribution in [3.8, 4) is 11.8 Å². The Morgan fingerprint density at radius 2 is 2.08 bits per heavy atom. The Morgan fingerprint density at radius 1 is 1.36 bits per heavy atom. The zero-order valence-corrected chi connectivity index (χ0v) is 15.3. The van der Waals surface area contributed by atoms with Crippen LogP contribution in [0, 0.1) is 11.3 Å². The van der Waals surface area contributed by atoms with Crippen molar-refractivity contribution >= 4 is 28.5 Å². The molecule has 25 heavy (non-hydrogen) atoms. The Labute approximate surface area is 151 Å². The van der Waals surface area contributed by atoms with Gasteiger partial charge in [-0.1, -0.05) is 44.2 Å². The summed E-state index contributed by atoms with van der Waals surface area (Å²) >= 11 is 1.31. The summed E-state index contributed by atoms with van der Waals surface area (Å²) in [5.74, 6) is 0.500. The van der Waals surface area contributed by atoms with Gasteiger partial charge in [0.2, 0.25) is 5.13 Å². The van der Waals surface area contributed by atoms with Gasteiger partial charge < -0.3 is 4.74 Å². The van der Waals surface area contributed by atoms with Gasteiger partial charge in [-0.05, 0) is 30.2 Å². The van der Waals surface area contributed by atoms with Crippen LogP contribution in [-0.2, 0) is 4.79 Å². The van der Waals surface area contributed by atoms with E-state index >= 15 is 0 Å². The first-order valence-electron chi connectivity index (χ1n) is 8.03. The highest BCUT2D eigenvalue weighted by atomic mass is 32.1. The van der Waals surface area contributed by atoms with Gasteiger partial charge in [0, 0.05) is 5.92 Å². The average molecular weight is 356 g/mol. The Morgan fingerprint density at radius 3 is 2.64 bits per heavy atom. The minimum Gasteiger partial charge on any atom is -0.494 e. The maximum absolute atomic E-state index is 12.2. The molecule has 1 amide bonds. The van der Waals surface area contributed by atoms with Gasteiger partial charge in [-0.2, -0.15) is 5.26 Å². The van der Waals surface area contributed by atoms with Crippen molar-refractivity contribution in [1.29, 1.82) is 5.26 Å². The summed E-state index contributed by atoms with van der Waals surface area (Å²) in [6, 6.07) is 9.16. The SMILES string of the molecule is CCCOc1ccc(C=C(C#N)C(=O)Nc2nnc(C(C)C)s2)cc1. The van der Waals surface area contributed by atoms with Crippen molar-refractivity contribution < 1.29 is 9.53 Å². The summed E-state index contributed by atoms with van der Waals surface area (Å²) in [4.78, 5) is 12.2. The number of hydrogen-bond donors (Lipinski definition) is 1. The number of benzene rings is 1. The van der Waals surface area contributed by atoms with Crippen LogP contribution in [-0.4, -0.2) is 22.7 Å². The standard InChI is InChI=1S/C18H20N4O2S/c1-4-9-24-15-7-5-13(6-8-15)10-14(11-19)16(23)20-18-22-21-17(25-18)12(2)3/h5-8,10,12H,4,9H2,1-3H3,(H,20,22,23). The Balaban J connectivity index is 2.07. The van der Waals surface area contributed by atoms with Crippen molar-refractivity contribution in [2.24, 2.45) is 0 Å². The highest BCUT2D eigenvalue weighted by molar-refractivity contribution is 7.15. The maximum atomic E-state index is 12.2. The molecule has 0 spiro atoms. The van der Waals surface area contributed by atoms with E-state index in [2.05, 4.69) is 15.5 Å². The third-order valence-electron chi connectivity index (χ3n) is 3.18. The van der Waals surface area contributed by atoms with Crippen LogP contribution in [0.15, 0.2) is 29.8 Å². The lowest BCUT2D eigenvalue weighted by Crippen LogP contribution is -2.13. The van der Waals surface area contributed by atoms with E-state index in [1.165, 1.54) is 17.4 Å². The summed E-state index contributed by atoms with van der Waals surface area (Å²) in [7, 11) is 0. The van der Waals surface area contributed by atoms with Crippen molar-refractivity contribution in [2.45, 2.75) is 33.1 Å². The number of carbonyl (C=O) groups excluding carboxylic acids is 1. The van der Waals surface area contributed by atoms with Crippen LogP contribution in [0.1, 0.15) is 43.7 Å². The third-order valence-corrected chi connectivity index (χ3v) is 4.32. The first-order chi connectivity index (χ1) is 12.0. The first-order valence-corrected chi connectivity index (χ1v) is 8.84. The molecular formula is C18H20N4O2S. The molecule has 1 aromatic carbocycles. The fourth-order valence-electron chi connectivity index (χ4n) is 1.88. The Hall–Kier alpha value is -2.72. The Kier molecular flexibility index (Phi) is 6.66. The Bertz CT molecular complexity index is 788. The second kappa shape index (κ2) is 8.94. The molecule has 0 fully saturated rings. The van der Waals surface area contributed by atoms with Gasteiger partial charge >= 0.3 is 0 Å². The number of rotatable bonds is 7. The molecule has 0 saturated heterocycles. The molecule has 2 aromatic rings. The van der Waals surface area contributed by atoms with Gasteiger partial charge in [-0.25, -0.2) is 0 Å². The highest BCUT2D eigenvalue weighted by Gasteiger charge is 2.14. The van der Waals surface area contributed by atoms with E-state index in [9.17, 15) is 10.1 Å². The number of carbonyl (C=O) groups is 1. The molecule has 6 nitrogen and oxygen atoms in total. The summed E-state index contributed by atoms with van der Waals surface area (Å²) in [6.45, 7) is 6.69. The summed E-state index contributed by atoms with van der Waals surface area (Å²) in [5, 5.41) is 21.0. The lowest BCUT2D eigenvalue weighted by Gasteiger charge is -2.04. The van der Waals surface area contributed by atoms with E-state index in [1.54, 1.807) is 12.1 Å². The molecule has 0 aliphatic rings. The van der Waals surface area contributed by atoms with Crippen LogP contribution in [0.3, 0.4) is 0 Å². The van der Waals surface area contributed by atoms with E-state index in [1.807, 2.05) is 39.0 Å². The number of nitrogens with one attached hydrogen (secondary N) is 1. The van der Waals surface area contributed by atoms with E-state index in [0.717, 1.165) is 22.7 Å². The summed E-state index contributed by atoms with van der Waals surface area (Å²) in [5.41, 5.74) is 0.749. The lowest BCUT2D eigenvalue weighted by molar-refractivity contribution is -0.112. The molecule has 0 aliphatic heterocycles. The number of ether oxygens (including phenoxy) is 1. The molecule has 1 N–H and O–H groups in total. The van der Waals surface area contributed by atoms with E-state index in [0.29, 0.717) is 11.7 Å². The van der Waals surface area contributed by atoms with Gasteiger partial charge in [0.25, 0.3) is 5.91 Å². The van der Waals surface area contributed by atoms with E-state index in [-0.39, 0.29) is 11.5 Å². The molecule has 0 atom stereocenters. The predicted octanol–water partition coefficient (Wildman–Crippen LogP) is 4.00. The molecule has 130 valence electrons. The topological polar surface area (TPSA) is 87.9 Å².